The maximum Gasteiger partial charge on any atom is 0.308 e. The van der Waals surface area contributed by atoms with Gasteiger partial charge in [0.05, 0.1) is 6.42 Å². The summed E-state index contributed by atoms with van der Waals surface area (Å²) >= 11 is 3.59. The molecule has 1 atom stereocenters. The summed E-state index contributed by atoms with van der Waals surface area (Å²) < 4.78 is 0. The number of carbonyl (C=O) groups is 1. The molecule has 2 N–H and O–H groups in total. The van der Waals surface area contributed by atoms with Crippen LogP contribution in [0.5, 0.6) is 0 Å². The van der Waals surface area contributed by atoms with Crippen molar-refractivity contribution < 1.29 is 9.90 Å². The second kappa shape index (κ2) is 5.70. The molecule has 88 valence electrons. The fourth-order valence-corrected chi connectivity index (χ4v) is 3.85. The number of thioether (sulfide) groups is 1. The van der Waals surface area contributed by atoms with Crippen molar-refractivity contribution in [2.75, 3.05) is 11.5 Å². The molecule has 1 aliphatic rings. The standard InChI is InChI=1S/C11H15NO2S2/c13-11(14)5-9-1-2-10(16-9)6-12-8-3-4-15-7-8/h1-2,8,12H,3-7H2,(H,13,14). The van der Waals surface area contributed by atoms with Crippen LogP contribution >= 0.6 is 23.1 Å². The van der Waals surface area contributed by atoms with Gasteiger partial charge in [0.15, 0.2) is 0 Å². The third-order valence-corrected chi connectivity index (χ3v) is 4.79. The molecule has 0 spiro atoms. The van der Waals surface area contributed by atoms with Crippen LogP contribution < -0.4 is 5.32 Å². The summed E-state index contributed by atoms with van der Waals surface area (Å²) in [5.41, 5.74) is 0. The zero-order chi connectivity index (χ0) is 11.4. The molecule has 0 saturated carbocycles. The fraction of sp³-hybridized carbons (Fsp3) is 0.545. The van der Waals surface area contributed by atoms with E-state index < -0.39 is 5.97 Å². The first-order valence-corrected chi connectivity index (χ1v) is 7.31. The smallest absolute Gasteiger partial charge is 0.308 e. The number of hydrogen-bond donors (Lipinski definition) is 2. The molecule has 0 amide bonds. The van der Waals surface area contributed by atoms with E-state index in [1.54, 1.807) is 11.3 Å². The van der Waals surface area contributed by atoms with Gasteiger partial charge in [-0.05, 0) is 24.3 Å². The van der Waals surface area contributed by atoms with Gasteiger partial charge >= 0.3 is 5.97 Å². The van der Waals surface area contributed by atoms with E-state index in [1.165, 1.54) is 22.8 Å². The Balaban J connectivity index is 1.80. The van der Waals surface area contributed by atoms with Crippen molar-refractivity contribution in [3.63, 3.8) is 0 Å². The van der Waals surface area contributed by atoms with Crippen LogP contribution in [0.2, 0.25) is 0 Å². The van der Waals surface area contributed by atoms with E-state index in [-0.39, 0.29) is 6.42 Å². The zero-order valence-electron chi connectivity index (χ0n) is 8.94. The Labute approximate surface area is 103 Å². The summed E-state index contributed by atoms with van der Waals surface area (Å²) in [5, 5.41) is 12.2. The summed E-state index contributed by atoms with van der Waals surface area (Å²) in [5.74, 6) is 1.70. The third kappa shape index (κ3) is 3.50. The minimum absolute atomic E-state index is 0.143. The summed E-state index contributed by atoms with van der Waals surface area (Å²) in [7, 11) is 0. The Morgan fingerprint density at radius 3 is 3.00 bits per heavy atom. The number of rotatable bonds is 5. The average molecular weight is 257 g/mol. The first kappa shape index (κ1) is 12.0. The van der Waals surface area contributed by atoms with Crippen LogP contribution in [0.1, 0.15) is 16.2 Å². The van der Waals surface area contributed by atoms with Crippen molar-refractivity contribution >= 4 is 29.1 Å². The third-order valence-electron chi connectivity index (χ3n) is 2.54. The van der Waals surface area contributed by atoms with Crippen LogP contribution in [0.15, 0.2) is 12.1 Å². The molecule has 0 aliphatic carbocycles. The highest BCUT2D eigenvalue weighted by atomic mass is 32.2. The fourth-order valence-electron chi connectivity index (χ4n) is 1.70. The van der Waals surface area contributed by atoms with Crippen molar-refractivity contribution in [1.29, 1.82) is 0 Å². The Kier molecular flexibility index (Phi) is 4.26. The lowest BCUT2D eigenvalue weighted by atomic mass is 10.2. The van der Waals surface area contributed by atoms with Gasteiger partial charge in [-0.15, -0.1) is 11.3 Å². The van der Waals surface area contributed by atoms with Gasteiger partial charge in [-0.25, -0.2) is 0 Å². The second-order valence-corrected chi connectivity index (χ2v) is 6.28. The molecule has 0 radical (unpaired) electrons. The number of nitrogens with one attached hydrogen (secondary N) is 1. The monoisotopic (exact) mass is 257 g/mol. The molecule has 3 nitrogen and oxygen atoms in total. The summed E-state index contributed by atoms with van der Waals surface area (Å²) in [6.07, 6.45) is 1.39. The van der Waals surface area contributed by atoms with E-state index in [0.717, 1.165) is 11.4 Å². The Morgan fingerprint density at radius 1 is 1.50 bits per heavy atom. The van der Waals surface area contributed by atoms with Crippen molar-refractivity contribution in [2.45, 2.75) is 25.4 Å². The lowest BCUT2D eigenvalue weighted by Gasteiger charge is -2.09. The largest absolute Gasteiger partial charge is 0.481 e. The van der Waals surface area contributed by atoms with Crippen molar-refractivity contribution in [3.05, 3.63) is 21.9 Å². The molecule has 1 aromatic heterocycles. The van der Waals surface area contributed by atoms with E-state index in [2.05, 4.69) is 5.32 Å². The molecule has 5 heteroatoms. The molecule has 1 aromatic rings. The van der Waals surface area contributed by atoms with Crippen LogP contribution in [-0.2, 0) is 17.8 Å². The van der Waals surface area contributed by atoms with Gasteiger partial charge in [-0.2, -0.15) is 11.8 Å². The molecular weight excluding hydrogens is 242 g/mol. The Morgan fingerprint density at radius 2 is 2.31 bits per heavy atom. The average Bonchev–Trinajstić information content (AvgIpc) is 2.84. The van der Waals surface area contributed by atoms with Crippen molar-refractivity contribution in [3.8, 4) is 0 Å². The Hall–Kier alpha value is -0.520. The number of hydrogen-bond acceptors (Lipinski definition) is 4. The minimum Gasteiger partial charge on any atom is -0.481 e. The highest BCUT2D eigenvalue weighted by Gasteiger charge is 2.14. The second-order valence-electron chi connectivity index (χ2n) is 3.88. The predicted molar refractivity (Wildman–Crippen MR) is 68.2 cm³/mol. The molecule has 16 heavy (non-hydrogen) atoms. The van der Waals surface area contributed by atoms with Crippen LogP contribution in [-0.4, -0.2) is 28.6 Å². The molecule has 1 fully saturated rings. The predicted octanol–water partition coefficient (Wildman–Crippen LogP) is 1.97. The highest BCUT2D eigenvalue weighted by Crippen LogP contribution is 2.20. The summed E-state index contributed by atoms with van der Waals surface area (Å²) in [4.78, 5) is 12.7. The van der Waals surface area contributed by atoms with Crippen LogP contribution in [0.4, 0.5) is 0 Å². The number of thiophene rings is 1. The van der Waals surface area contributed by atoms with E-state index in [1.807, 2.05) is 23.9 Å². The van der Waals surface area contributed by atoms with E-state index in [9.17, 15) is 4.79 Å². The maximum atomic E-state index is 10.5. The van der Waals surface area contributed by atoms with Gasteiger partial charge in [0.25, 0.3) is 0 Å². The SMILES string of the molecule is O=C(O)Cc1ccc(CNC2CCSC2)s1. The van der Waals surface area contributed by atoms with Crippen LogP contribution in [0.3, 0.4) is 0 Å². The normalized spacial score (nSPS) is 20.1. The maximum absolute atomic E-state index is 10.5. The van der Waals surface area contributed by atoms with Crippen LogP contribution in [0, 0.1) is 0 Å². The van der Waals surface area contributed by atoms with Gasteiger partial charge in [-0.1, -0.05) is 0 Å². The molecule has 1 saturated heterocycles. The zero-order valence-corrected chi connectivity index (χ0v) is 10.6. The first-order chi connectivity index (χ1) is 7.74. The number of carboxylic acid groups (broad SMARTS) is 1. The molecule has 2 heterocycles. The molecule has 0 aromatic carbocycles. The summed E-state index contributed by atoms with van der Waals surface area (Å²) in [6.45, 7) is 0.871. The molecular formula is C11H15NO2S2. The molecule has 1 unspecified atom stereocenters. The van der Waals surface area contributed by atoms with E-state index in [4.69, 9.17) is 5.11 Å². The highest BCUT2D eigenvalue weighted by molar-refractivity contribution is 7.99. The van der Waals surface area contributed by atoms with Crippen molar-refractivity contribution in [2.24, 2.45) is 0 Å². The van der Waals surface area contributed by atoms with E-state index in [0.29, 0.717) is 6.04 Å². The lowest BCUT2D eigenvalue weighted by Crippen LogP contribution is -2.27. The van der Waals surface area contributed by atoms with Gasteiger partial charge in [0.2, 0.25) is 0 Å². The van der Waals surface area contributed by atoms with Gasteiger partial charge in [0.1, 0.15) is 0 Å². The number of aliphatic carboxylic acids is 1. The molecule has 1 aliphatic heterocycles. The van der Waals surface area contributed by atoms with Gasteiger partial charge in [-0.3, -0.25) is 4.79 Å². The van der Waals surface area contributed by atoms with Gasteiger partial charge in [0, 0.05) is 28.1 Å². The topological polar surface area (TPSA) is 49.3 Å². The minimum atomic E-state index is -0.756. The van der Waals surface area contributed by atoms with Gasteiger partial charge < -0.3 is 10.4 Å². The Bertz CT molecular complexity index is 359. The first-order valence-electron chi connectivity index (χ1n) is 5.34. The lowest BCUT2D eigenvalue weighted by molar-refractivity contribution is -0.136. The quantitative estimate of drug-likeness (QED) is 0.847. The number of carboxylic acids is 1. The van der Waals surface area contributed by atoms with Crippen LogP contribution in [0.25, 0.3) is 0 Å². The molecule has 2 rings (SSSR count). The molecule has 0 bridgehead atoms. The summed E-state index contributed by atoms with van der Waals surface area (Å²) in [6, 6.07) is 4.58. The van der Waals surface area contributed by atoms with Crippen molar-refractivity contribution in [1.82, 2.24) is 5.32 Å². The van der Waals surface area contributed by atoms with E-state index >= 15 is 0 Å².